The van der Waals surface area contributed by atoms with E-state index in [2.05, 4.69) is 10.2 Å². The summed E-state index contributed by atoms with van der Waals surface area (Å²) in [5.74, 6) is 0. The van der Waals surface area contributed by atoms with E-state index in [1.165, 1.54) is 64.7 Å². The van der Waals surface area contributed by atoms with E-state index in [0.717, 1.165) is 11.5 Å². The number of likely N-dealkylation sites (tertiary alicyclic amines) is 1. The molecule has 0 aromatic heterocycles. The van der Waals surface area contributed by atoms with Crippen LogP contribution >= 0.6 is 0 Å². The van der Waals surface area contributed by atoms with Crippen LogP contribution in [-0.2, 0) is 0 Å². The maximum Gasteiger partial charge on any atom is 0.00797 e. The van der Waals surface area contributed by atoms with Crippen LogP contribution in [0.2, 0.25) is 0 Å². The Morgan fingerprint density at radius 3 is 2.64 bits per heavy atom. The molecule has 3 fully saturated rings. The SMILES string of the molecule is C1CNC(CCN2CC3(CCC3)C2)C1. The molecular weight excluding hydrogens is 172 g/mol. The number of hydrogen-bond donors (Lipinski definition) is 1. The van der Waals surface area contributed by atoms with Crippen LogP contribution in [-0.4, -0.2) is 37.1 Å². The average Bonchev–Trinajstić information content (AvgIpc) is 2.50. The van der Waals surface area contributed by atoms with Crippen molar-refractivity contribution in [1.82, 2.24) is 10.2 Å². The van der Waals surface area contributed by atoms with E-state index >= 15 is 0 Å². The highest BCUT2D eigenvalue weighted by atomic mass is 15.2. The van der Waals surface area contributed by atoms with E-state index < -0.39 is 0 Å². The summed E-state index contributed by atoms with van der Waals surface area (Å²) < 4.78 is 0. The lowest BCUT2D eigenvalue weighted by Gasteiger charge is -2.56. The van der Waals surface area contributed by atoms with Gasteiger partial charge in [-0.1, -0.05) is 6.42 Å². The first-order chi connectivity index (χ1) is 6.86. The van der Waals surface area contributed by atoms with E-state index in [1.54, 1.807) is 0 Å². The van der Waals surface area contributed by atoms with Gasteiger partial charge in [0.25, 0.3) is 0 Å². The molecule has 0 radical (unpaired) electrons. The van der Waals surface area contributed by atoms with Crippen molar-refractivity contribution in [3.8, 4) is 0 Å². The number of nitrogens with zero attached hydrogens (tertiary/aromatic N) is 1. The summed E-state index contributed by atoms with van der Waals surface area (Å²) in [5, 5.41) is 3.58. The van der Waals surface area contributed by atoms with E-state index in [1.807, 2.05) is 0 Å². The fourth-order valence-electron chi connectivity index (χ4n) is 3.40. The van der Waals surface area contributed by atoms with Crippen LogP contribution in [0.25, 0.3) is 0 Å². The van der Waals surface area contributed by atoms with Crippen LogP contribution in [0.3, 0.4) is 0 Å². The first-order valence-electron chi connectivity index (χ1n) is 6.32. The minimum atomic E-state index is 0.823. The molecule has 1 atom stereocenters. The lowest BCUT2D eigenvalue weighted by Crippen LogP contribution is -2.59. The van der Waals surface area contributed by atoms with Crippen molar-refractivity contribution in [1.29, 1.82) is 0 Å². The molecule has 2 heteroatoms. The highest BCUT2D eigenvalue weighted by Gasteiger charge is 2.46. The van der Waals surface area contributed by atoms with Crippen LogP contribution in [0, 0.1) is 5.41 Å². The Morgan fingerprint density at radius 1 is 1.21 bits per heavy atom. The van der Waals surface area contributed by atoms with Crippen LogP contribution in [0.1, 0.15) is 38.5 Å². The Kier molecular flexibility index (Phi) is 2.29. The summed E-state index contributed by atoms with van der Waals surface area (Å²) in [7, 11) is 0. The fourth-order valence-corrected chi connectivity index (χ4v) is 3.40. The average molecular weight is 194 g/mol. The Labute approximate surface area is 87.0 Å². The molecule has 1 saturated carbocycles. The molecule has 1 N–H and O–H groups in total. The minimum absolute atomic E-state index is 0.823. The fraction of sp³-hybridized carbons (Fsp3) is 1.00. The van der Waals surface area contributed by atoms with Crippen molar-refractivity contribution < 1.29 is 0 Å². The standard InChI is InChI=1S/C12H22N2/c1-3-11(13-7-1)4-8-14-9-12(10-14)5-2-6-12/h11,13H,1-10H2. The molecule has 1 aliphatic carbocycles. The molecule has 2 aliphatic heterocycles. The van der Waals surface area contributed by atoms with E-state index in [-0.39, 0.29) is 0 Å². The molecule has 1 unspecified atom stereocenters. The zero-order valence-electron chi connectivity index (χ0n) is 9.10. The number of nitrogens with one attached hydrogen (secondary N) is 1. The summed E-state index contributed by atoms with van der Waals surface area (Å²) in [6.45, 7) is 5.44. The van der Waals surface area contributed by atoms with E-state index in [9.17, 15) is 0 Å². The summed E-state index contributed by atoms with van der Waals surface area (Å²) in [6, 6.07) is 0.841. The van der Waals surface area contributed by atoms with Crippen LogP contribution in [0.5, 0.6) is 0 Å². The van der Waals surface area contributed by atoms with Gasteiger partial charge in [-0.05, 0) is 50.6 Å². The maximum atomic E-state index is 3.58. The van der Waals surface area contributed by atoms with Crippen molar-refractivity contribution >= 4 is 0 Å². The summed E-state index contributed by atoms with van der Waals surface area (Å²) in [5.41, 5.74) is 0.823. The largest absolute Gasteiger partial charge is 0.314 e. The van der Waals surface area contributed by atoms with Gasteiger partial charge >= 0.3 is 0 Å². The third-order valence-corrected chi connectivity index (χ3v) is 4.49. The first kappa shape index (κ1) is 9.17. The van der Waals surface area contributed by atoms with Gasteiger partial charge in [-0.15, -0.1) is 0 Å². The number of hydrogen-bond acceptors (Lipinski definition) is 2. The van der Waals surface area contributed by atoms with Crippen LogP contribution < -0.4 is 5.32 Å². The predicted molar refractivity (Wildman–Crippen MR) is 58.4 cm³/mol. The van der Waals surface area contributed by atoms with Gasteiger partial charge < -0.3 is 10.2 Å². The van der Waals surface area contributed by atoms with Gasteiger partial charge in [0.15, 0.2) is 0 Å². The second kappa shape index (κ2) is 3.49. The monoisotopic (exact) mass is 194 g/mol. The summed E-state index contributed by atoms with van der Waals surface area (Å²) in [6.07, 6.45) is 8.73. The molecule has 2 saturated heterocycles. The third-order valence-electron chi connectivity index (χ3n) is 4.49. The zero-order chi connectivity index (χ0) is 9.43. The molecule has 1 spiro atoms. The van der Waals surface area contributed by atoms with Gasteiger partial charge in [0, 0.05) is 19.1 Å². The molecule has 0 aromatic rings. The molecule has 80 valence electrons. The zero-order valence-corrected chi connectivity index (χ0v) is 9.10. The van der Waals surface area contributed by atoms with E-state index in [4.69, 9.17) is 0 Å². The molecule has 14 heavy (non-hydrogen) atoms. The molecule has 0 bridgehead atoms. The summed E-state index contributed by atoms with van der Waals surface area (Å²) >= 11 is 0. The molecule has 0 aromatic carbocycles. The van der Waals surface area contributed by atoms with Crippen molar-refractivity contribution in [2.45, 2.75) is 44.6 Å². The van der Waals surface area contributed by atoms with Crippen molar-refractivity contribution in [3.05, 3.63) is 0 Å². The Hall–Kier alpha value is -0.0800. The van der Waals surface area contributed by atoms with Crippen molar-refractivity contribution in [2.75, 3.05) is 26.2 Å². The molecule has 3 aliphatic rings. The molecule has 2 heterocycles. The smallest absolute Gasteiger partial charge is 0.00797 e. The highest BCUT2D eigenvalue weighted by Crippen LogP contribution is 2.47. The number of rotatable bonds is 3. The minimum Gasteiger partial charge on any atom is -0.314 e. The molecular formula is C12H22N2. The molecule has 2 nitrogen and oxygen atoms in total. The second-order valence-corrected chi connectivity index (χ2v) is 5.65. The highest BCUT2D eigenvalue weighted by molar-refractivity contribution is 5.00. The normalized spacial score (nSPS) is 35.6. The first-order valence-corrected chi connectivity index (χ1v) is 6.32. The van der Waals surface area contributed by atoms with E-state index in [0.29, 0.717) is 0 Å². The van der Waals surface area contributed by atoms with Crippen molar-refractivity contribution in [2.24, 2.45) is 5.41 Å². The second-order valence-electron chi connectivity index (χ2n) is 5.65. The van der Waals surface area contributed by atoms with Crippen molar-refractivity contribution in [3.63, 3.8) is 0 Å². The van der Waals surface area contributed by atoms with Gasteiger partial charge in [0.2, 0.25) is 0 Å². The van der Waals surface area contributed by atoms with Crippen LogP contribution in [0.15, 0.2) is 0 Å². The Bertz CT molecular complexity index is 196. The van der Waals surface area contributed by atoms with Gasteiger partial charge in [0.05, 0.1) is 0 Å². The Balaban J connectivity index is 1.34. The third kappa shape index (κ3) is 1.59. The quantitative estimate of drug-likeness (QED) is 0.734. The van der Waals surface area contributed by atoms with Gasteiger partial charge in [0.1, 0.15) is 0 Å². The molecule has 3 rings (SSSR count). The van der Waals surface area contributed by atoms with Gasteiger partial charge in [-0.25, -0.2) is 0 Å². The lowest BCUT2D eigenvalue weighted by atomic mass is 9.63. The topological polar surface area (TPSA) is 15.3 Å². The maximum absolute atomic E-state index is 3.58. The van der Waals surface area contributed by atoms with Crippen LogP contribution in [0.4, 0.5) is 0 Å². The predicted octanol–water partition coefficient (Wildman–Crippen LogP) is 1.61. The lowest BCUT2D eigenvalue weighted by molar-refractivity contribution is -0.0606. The molecule has 0 amide bonds. The van der Waals surface area contributed by atoms with Gasteiger partial charge in [-0.3, -0.25) is 0 Å². The van der Waals surface area contributed by atoms with Gasteiger partial charge in [-0.2, -0.15) is 0 Å². The summed E-state index contributed by atoms with van der Waals surface area (Å²) in [4.78, 5) is 2.67. The Morgan fingerprint density at radius 2 is 2.07 bits per heavy atom.